The van der Waals surface area contributed by atoms with Gasteiger partial charge in [0.25, 0.3) is 0 Å². The monoisotopic (exact) mass is 441 g/mol. The predicted octanol–water partition coefficient (Wildman–Crippen LogP) is 7.92. The van der Waals surface area contributed by atoms with Gasteiger partial charge < -0.3 is 8.85 Å². The minimum absolute atomic E-state index is 0.00475. The highest BCUT2D eigenvalue weighted by atomic mass is 28.4. The Morgan fingerprint density at radius 1 is 1.00 bits per heavy atom. The van der Waals surface area contributed by atoms with E-state index in [0.29, 0.717) is 0 Å². The first-order valence-electron chi connectivity index (χ1n) is 11.3. The summed E-state index contributed by atoms with van der Waals surface area (Å²) in [4.78, 5) is 3.09. The van der Waals surface area contributed by atoms with Gasteiger partial charge in [-0.15, -0.1) is 6.58 Å². The van der Waals surface area contributed by atoms with Gasteiger partial charge in [0.1, 0.15) is 0 Å². The zero-order valence-corrected chi connectivity index (χ0v) is 23.0. The van der Waals surface area contributed by atoms with Crippen molar-refractivity contribution in [3.63, 3.8) is 0 Å². The Morgan fingerprint density at radius 3 is 1.83 bits per heavy atom. The molecule has 0 aromatic rings. The highest BCUT2D eigenvalue weighted by Crippen LogP contribution is 2.40. The third-order valence-electron chi connectivity index (χ3n) is 7.19. The summed E-state index contributed by atoms with van der Waals surface area (Å²) in [6.45, 7) is 28.4. The van der Waals surface area contributed by atoms with Gasteiger partial charge in [0.15, 0.2) is 16.6 Å². The van der Waals surface area contributed by atoms with Crippen molar-refractivity contribution in [3.05, 3.63) is 23.1 Å². The van der Waals surface area contributed by atoms with Crippen molar-refractivity contribution < 1.29 is 8.85 Å². The normalized spacial score (nSPS) is 18.3. The van der Waals surface area contributed by atoms with Gasteiger partial charge in [0.2, 0.25) is 0 Å². The van der Waals surface area contributed by atoms with Crippen LogP contribution in [-0.2, 0) is 8.85 Å². The van der Waals surface area contributed by atoms with Crippen LogP contribution in [0.1, 0.15) is 62.3 Å². The maximum Gasteiger partial charge on any atom is 0.192 e. The number of azide groups is 1. The van der Waals surface area contributed by atoms with Gasteiger partial charge in [0, 0.05) is 10.8 Å². The molecule has 5 atom stereocenters. The lowest BCUT2D eigenvalue weighted by Gasteiger charge is -2.46. The van der Waals surface area contributed by atoms with Crippen molar-refractivity contribution in [2.45, 2.75) is 117 Å². The minimum atomic E-state index is -2.05. The molecule has 0 aliphatic heterocycles. The van der Waals surface area contributed by atoms with Crippen LogP contribution in [0.2, 0.25) is 36.3 Å². The van der Waals surface area contributed by atoms with Gasteiger partial charge in [-0.3, -0.25) is 0 Å². The standard InChI is InChI=1S/C22H47N3O2Si2/c1-13-17(5)20(27-29(14-2,15-3)16-4)18(6)21(19(7)24-25-23)26-28(11,12)22(8,9)10/h13,17-21H,1,14-16H2,2-12H3/t17-,18+,19-,20-,21+/m1/s1. The highest BCUT2D eigenvalue weighted by molar-refractivity contribution is 6.74. The first-order chi connectivity index (χ1) is 13.3. The molecule has 0 radical (unpaired) electrons. The molecule has 0 N–H and O–H groups in total. The van der Waals surface area contributed by atoms with Crippen LogP contribution >= 0.6 is 0 Å². The van der Waals surface area contributed by atoms with E-state index in [2.05, 4.69) is 85.1 Å². The van der Waals surface area contributed by atoms with E-state index in [1.807, 2.05) is 13.0 Å². The molecule has 0 bridgehead atoms. The predicted molar refractivity (Wildman–Crippen MR) is 131 cm³/mol. The summed E-state index contributed by atoms with van der Waals surface area (Å²) >= 11 is 0. The van der Waals surface area contributed by atoms with Crippen molar-refractivity contribution in [2.24, 2.45) is 17.0 Å². The fraction of sp³-hybridized carbons (Fsp3) is 0.909. The fourth-order valence-corrected chi connectivity index (χ4v) is 8.06. The quantitative estimate of drug-likeness (QED) is 0.0957. The smallest absolute Gasteiger partial charge is 0.192 e. The number of hydrogen-bond donors (Lipinski definition) is 0. The third-order valence-corrected chi connectivity index (χ3v) is 16.3. The third kappa shape index (κ3) is 7.55. The molecule has 0 saturated carbocycles. The lowest BCUT2D eigenvalue weighted by atomic mass is 9.87. The second-order valence-corrected chi connectivity index (χ2v) is 19.5. The number of hydrogen-bond acceptors (Lipinski definition) is 3. The van der Waals surface area contributed by atoms with Crippen molar-refractivity contribution in [1.82, 2.24) is 0 Å². The van der Waals surface area contributed by atoms with Crippen molar-refractivity contribution in [2.75, 3.05) is 0 Å². The molecule has 0 aromatic carbocycles. The first kappa shape index (κ1) is 28.4. The molecule has 170 valence electrons. The molecule has 0 aliphatic rings. The largest absolute Gasteiger partial charge is 0.413 e. The summed E-state index contributed by atoms with van der Waals surface area (Å²) in [5, 5.41) is 4.12. The lowest BCUT2D eigenvalue weighted by molar-refractivity contribution is 0.00946. The number of nitrogens with zero attached hydrogens (tertiary/aromatic N) is 3. The van der Waals surface area contributed by atoms with E-state index < -0.39 is 16.6 Å². The maximum absolute atomic E-state index is 9.09. The number of rotatable bonds is 13. The molecule has 7 heteroatoms. The minimum Gasteiger partial charge on any atom is -0.413 e. The maximum atomic E-state index is 9.09. The molecule has 0 fully saturated rings. The van der Waals surface area contributed by atoms with Crippen LogP contribution in [0.15, 0.2) is 17.8 Å². The molecule has 0 saturated heterocycles. The van der Waals surface area contributed by atoms with E-state index in [0.717, 1.165) is 18.1 Å². The molecular formula is C22H47N3O2Si2. The van der Waals surface area contributed by atoms with Gasteiger partial charge in [-0.1, -0.05) is 73.5 Å². The highest BCUT2D eigenvalue weighted by Gasteiger charge is 2.44. The first-order valence-corrected chi connectivity index (χ1v) is 16.7. The van der Waals surface area contributed by atoms with Crippen LogP contribution in [0.3, 0.4) is 0 Å². The van der Waals surface area contributed by atoms with E-state index in [4.69, 9.17) is 14.4 Å². The second kappa shape index (κ2) is 11.7. The van der Waals surface area contributed by atoms with Crippen molar-refractivity contribution >= 4 is 16.6 Å². The Balaban J connectivity index is 6.14. The van der Waals surface area contributed by atoms with E-state index in [1.54, 1.807) is 0 Å². The summed E-state index contributed by atoms with van der Waals surface area (Å²) in [6, 6.07) is 3.06. The van der Waals surface area contributed by atoms with Gasteiger partial charge in [-0.2, -0.15) is 0 Å². The SMILES string of the molecule is C=C[C@@H](C)[C@@H](O[Si](CC)(CC)CC)[C@H](C)[C@H](O[Si](C)(C)C(C)(C)C)[C@@H](C)N=[N+]=[N-]. The molecule has 0 spiro atoms. The van der Waals surface area contributed by atoms with E-state index in [9.17, 15) is 0 Å². The Morgan fingerprint density at radius 2 is 1.48 bits per heavy atom. The average Bonchev–Trinajstić information content (AvgIpc) is 2.66. The Hall–Kier alpha value is -0.596. The van der Waals surface area contributed by atoms with E-state index >= 15 is 0 Å². The van der Waals surface area contributed by atoms with Gasteiger partial charge >= 0.3 is 0 Å². The van der Waals surface area contributed by atoms with Crippen LogP contribution in [0, 0.1) is 11.8 Å². The Kier molecular flexibility index (Phi) is 11.5. The molecule has 0 aliphatic carbocycles. The Labute approximate surface area is 182 Å². The van der Waals surface area contributed by atoms with E-state index in [1.165, 1.54) is 0 Å². The molecular weight excluding hydrogens is 394 g/mol. The molecule has 0 unspecified atom stereocenters. The average molecular weight is 442 g/mol. The summed E-state index contributed by atoms with van der Waals surface area (Å²) < 4.78 is 13.8. The fourth-order valence-electron chi connectivity index (χ4n) is 3.61. The second-order valence-electron chi connectivity index (χ2n) is 10.1. The summed E-state index contributed by atoms with van der Waals surface area (Å²) in [6.07, 6.45) is 1.81. The molecule has 5 nitrogen and oxygen atoms in total. The lowest BCUT2D eigenvalue weighted by Crippen LogP contribution is -2.53. The summed E-state index contributed by atoms with van der Waals surface area (Å²) in [7, 11) is -3.86. The van der Waals surface area contributed by atoms with E-state index in [-0.39, 0.29) is 35.1 Å². The van der Waals surface area contributed by atoms with Gasteiger partial charge in [-0.05, 0) is 47.7 Å². The van der Waals surface area contributed by atoms with Crippen molar-refractivity contribution in [3.8, 4) is 0 Å². The van der Waals surface area contributed by atoms with Crippen LogP contribution in [0.4, 0.5) is 0 Å². The van der Waals surface area contributed by atoms with Crippen LogP contribution in [0.25, 0.3) is 10.4 Å². The van der Waals surface area contributed by atoms with Gasteiger partial charge in [0.05, 0.1) is 18.2 Å². The van der Waals surface area contributed by atoms with Crippen LogP contribution in [0.5, 0.6) is 0 Å². The molecule has 0 heterocycles. The molecule has 0 amide bonds. The Bertz CT molecular complexity index is 544. The zero-order valence-electron chi connectivity index (χ0n) is 21.0. The topological polar surface area (TPSA) is 67.2 Å². The summed E-state index contributed by atoms with van der Waals surface area (Å²) in [5.74, 6) is 0.291. The summed E-state index contributed by atoms with van der Waals surface area (Å²) in [5.41, 5.74) is 9.09. The molecule has 29 heavy (non-hydrogen) atoms. The van der Waals surface area contributed by atoms with Crippen molar-refractivity contribution in [1.29, 1.82) is 0 Å². The van der Waals surface area contributed by atoms with Crippen LogP contribution < -0.4 is 0 Å². The zero-order chi connectivity index (χ0) is 23.0. The van der Waals surface area contributed by atoms with Gasteiger partial charge in [-0.25, -0.2) is 0 Å². The molecule has 0 rings (SSSR count). The van der Waals surface area contributed by atoms with Crippen LogP contribution in [-0.4, -0.2) is 34.9 Å². The molecule has 0 aromatic heterocycles.